The van der Waals surface area contributed by atoms with Crippen LogP contribution in [0, 0.1) is 0 Å². The van der Waals surface area contributed by atoms with Gasteiger partial charge in [-0.3, -0.25) is 14.4 Å². The number of esters is 3. The van der Waals surface area contributed by atoms with Crippen LogP contribution in [-0.4, -0.2) is 37.2 Å². The maximum atomic E-state index is 12.8. The largest absolute Gasteiger partial charge is 0.462 e. The van der Waals surface area contributed by atoms with Crippen molar-refractivity contribution >= 4 is 17.9 Å². The van der Waals surface area contributed by atoms with Crippen LogP contribution in [0.2, 0.25) is 0 Å². The van der Waals surface area contributed by atoms with Gasteiger partial charge in [-0.15, -0.1) is 0 Å². The molecule has 0 rings (SSSR count). The van der Waals surface area contributed by atoms with Crippen LogP contribution >= 0.6 is 0 Å². The quantitative estimate of drug-likeness (QED) is 0.0261. The number of carbonyl (C=O) groups is 3. The van der Waals surface area contributed by atoms with Gasteiger partial charge in [0.15, 0.2) is 6.10 Å². The van der Waals surface area contributed by atoms with E-state index >= 15 is 0 Å². The Morgan fingerprint density at radius 1 is 0.292 bits per heavy atom. The highest BCUT2D eigenvalue weighted by molar-refractivity contribution is 5.71. The van der Waals surface area contributed by atoms with Gasteiger partial charge in [-0.1, -0.05) is 279 Å². The molecule has 0 aromatic carbocycles. The molecule has 0 aliphatic carbocycles. The van der Waals surface area contributed by atoms with E-state index in [-0.39, 0.29) is 31.1 Å². The zero-order chi connectivity index (χ0) is 52.2. The maximum Gasteiger partial charge on any atom is 0.306 e. The number of hydrogen-bond donors (Lipinski definition) is 0. The third-order valence-corrected chi connectivity index (χ3v) is 12.9. The molecule has 0 aromatic rings. The fourth-order valence-corrected chi connectivity index (χ4v) is 8.34. The van der Waals surface area contributed by atoms with Crippen LogP contribution < -0.4 is 0 Å². The molecular formula is C66H112O6. The molecule has 1 unspecified atom stereocenters. The van der Waals surface area contributed by atoms with E-state index in [0.717, 1.165) is 122 Å². The van der Waals surface area contributed by atoms with E-state index in [2.05, 4.69) is 118 Å². The summed E-state index contributed by atoms with van der Waals surface area (Å²) in [5.41, 5.74) is 0. The van der Waals surface area contributed by atoms with Gasteiger partial charge in [-0.2, -0.15) is 0 Å². The van der Waals surface area contributed by atoms with E-state index in [1.807, 2.05) is 0 Å². The molecule has 0 N–H and O–H groups in total. The molecule has 0 heterocycles. The summed E-state index contributed by atoms with van der Waals surface area (Å²) in [6.07, 6.45) is 80.1. The van der Waals surface area contributed by atoms with Crippen molar-refractivity contribution in [3.63, 3.8) is 0 Å². The lowest BCUT2D eigenvalue weighted by atomic mass is 10.0. The number of unbranched alkanes of at least 4 members (excludes halogenated alkanes) is 27. The number of carbonyl (C=O) groups excluding carboxylic acids is 3. The number of hydrogen-bond acceptors (Lipinski definition) is 6. The number of ether oxygens (including phenoxy) is 3. The second kappa shape index (κ2) is 59.9. The van der Waals surface area contributed by atoms with Gasteiger partial charge in [0.2, 0.25) is 0 Å². The van der Waals surface area contributed by atoms with Gasteiger partial charge in [-0.05, 0) is 83.5 Å². The Bertz CT molecular complexity index is 1430. The first kappa shape index (κ1) is 68.3. The monoisotopic (exact) mass is 1000 g/mol. The van der Waals surface area contributed by atoms with Crippen LogP contribution in [-0.2, 0) is 28.6 Å². The summed E-state index contributed by atoms with van der Waals surface area (Å²) in [5.74, 6) is -0.912. The summed E-state index contributed by atoms with van der Waals surface area (Å²) >= 11 is 0. The van der Waals surface area contributed by atoms with Gasteiger partial charge in [-0.25, -0.2) is 0 Å². The van der Waals surface area contributed by atoms with Gasteiger partial charge in [0.1, 0.15) is 13.2 Å². The van der Waals surface area contributed by atoms with Crippen molar-refractivity contribution in [2.24, 2.45) is 0 Å². The third-order valence-electron chi connectivity index (χ3n) is 12.9. The second-order valence-corrected chi connectivity index (χ2v) is 19.9. The van der Waals surface area contributed by atoms with Crippen molar-refractivity contribution in [2.75, 3.05) is 13.2 Å². The van der Waals surface area contributed by atoms with E-state index in [1.54, 1.807) is 0 Å². The predicted octanol–water partition coefficient (Wildman–Crippen LogP) is 20.5. The topological polar surface area (TPSA) is 78.9 Å². The Hall–Kier alpha value is -3.67. The van der Waals surface area contributed by atoms with Crippen LogP contribution in [0.3, 0.4) is 0 Å². The fourth-order valence-electron chi connectivity index (χ4n) is 8.34. The molecule has 0 fully saturated rings. The minimum absolute atomic E-state index is 0.0837. The average Bonchev–Trinajstić information content (AvgIpc) is 3.38. The van der Waals surface area contributed by atoms with Crippen molar-refractivity contribution < 1.29 is 28.6 Å². The van der Waals surface area contributed by atoms with Crippen molar-refractivity contribution in [3.8, 4) is 0 Å². The van der Waals surface area contributed by atoms with Gasteiger partial charge in [0.05, 0.1) is 0 Å². The Kier molecular flexibility index (Phi) is 56.8. The Labute approximate surface area is 445 Å². The highest BCUT2D eigenvalue weighted by Gasteiger charge is 2.19. The molecular weight excluding hydrogens is 889 g/mol. The number of allylic oxidation sites excluding steroid dienone is 16. The maximum absolute atomic E-state index is 12.8. The smallest absolute Gasteiger partial charge is 0.306 e. The summed E-state index contributed by atoms with van der Waals surface area (Å²) in [4.78, 5) is 37.9. The zero-order valence-corrected chi connectivity index (χ0v) is 47.2. The summed E-state index contributed by atoms with van der Waals surface area (Å²) < 4.78 is 16.8. The lowest BCUT2D eigenvalue weighted by molar-refractivity contribution is -0.167. The molecule has 0 spiro atoms. The highest BCUT2D eigenvalue weighted by atomic mass is 16.6. The van der Waals surface area contributed by atoms with Crippen LogP contribution in [0.5, 0.6) is 0 Å². The highest BCUT2D eigenvalue weighted by Crippen LogP contribution is 2.16. The van der Waals surface area contributed by atoms with Gasteiger partial charge in [0, 0.05) is 19.3 Å². The van der Waals surface area contributed by atoms with E-state index in [1.165, 1.54) is 122 Å². The van der Waals surface area contributed by atoms with E-state index in [4.69, 9.17) is 14.2 Å². The second-order valence-electron chi connectivity index (χ2n) is 19.9. The molecule has 6 nitrogen and oxygen atoms in total. The van der Waals surface area contributed by atoms with E-state index in [0.29, 0.717) is 19.3 Å². The molecule has 0 saturated carbocycles. The molecule has 0 saturated heterocycles. The molecule has 6 heteroatoms. The lowest BCUT2D eigenvalue weighted by Gasteiger charge is -2.18. The van der Waals surface area contributed by atoms with Gasteiger partial charge < -0.3 is 14.2 Å². The standard InChI is InChI=1S/C66H112O6/c1-4-7-10-13-16-18-20-22-24-26-28-29-30-31-32-33-34-35-36-37-39-40-42-44-46-48-50-53-56-59-65(68)71-62-63(61-70-64(67)58-55-52-15-12-9-6-3)72-66(69)60-57-54-51-49-47-45-43-41-38-27-25-23-21-19-17-14-11-8-5-2/h7,10,16,18,22,24,28-29,31-32,34-35,37,39,42,44,63H,4-6,8-9,11-15,17,19-21,23,25-27,30,33,36,38,40-41,43,45-62H2,1-3H3/b10-7-,18-16-,24-22-,29-28-,32-31-,35-34-,39-37-,44-42-. The first-order chi connectivity index (χ1) is 35.5. The third kappa shape index (κ3) is 57.2. The summed E-state index contributed by atoms with van der Waals surface area (Å²) in [5, 5.41) is 0. The molecule has 0 aliphatic rings. The normalized spacial score (nSPS) is 12.8. The zero-order valence-electron chi connectivity index (χ0n) is 47.2. The van der Waals surface area contributed by atoms with Crippen LogP contribution in [0.25, 0.3) is 0 Å². The Morgan fingerprint density at radius 3 is 0.847 bits per heavy atom. The molecule has 0 aromatic heterocycles. The minimum atomic E-state index is -0.784. The predicted molar refractivity (Wildman–Crippen MR) is 311 cm³/mol. The molecule has 412 valence electrons. The Balaban J connectivity index is 4.18. The first-order valence-electron chi connectivity index (χ1n) is 30.2. The van der Waals surface area contributed by atoms with Crippen LogP contribution in [0.1, 0.15) is 284 Å². The van der Waals surface area contributed by atoms with Crippen molar-refractivity contribution in [1.82, 2.24) is 0 Å². The molecule has 1 atom stereocenters. The average molecular weight is 1000 g/mol. The van der Waals surface area contributed by atoms with Crippen molar-refractivity contribution in [2.45, 2.75) is 290 Å². The van der Waals surface area contributed by atoms with Crippen molar-refractivity contribution in [3.05, 3.63) is 97.2 Å². The fraction of sp³-hybridized carbons (Fsp3) is 0.712. The number of rotatable bonds is 54. The van der Waals surface area contributed by atoms with Crippen LogP contribution in [0.15, 0.2) is 97.2 Å². The lowest BCUT2D eigenvalue weighted by Crippen LogP contribution is -2.30. The molecule has 0 amide bonds. The van der Waals surface area contributed by atoms with Gasteiger partial charge >= 0.3 is 17.9 Å². The van der Waals surface area contributed by atoms with E-state index < -0.39 is 6.10 Å². The summed E-state index contributed by atoms with van der Waals surface area (Å²) in [7, 11) is 0. The Morgan fingerprint density at radius 2 is 0.542 bits per heavy atom. The molecule has 0 radical (unpaired) electrons. The minimum Gasteiger partial charge on any atom is -0.462 e. The molecule has 72 heavy (non-hydrogen) atoms. The van der Waals surface area contributed by atoms with Crippen molar-refractivity contribution in [1.29, 1.82) is 0 Å². The molecule has 0 aliphatic heterocycles. The summed E-state index contributed by atoms with van der Waals surface area (Å²) in [6, 6.07) is 0. The summed E-state index contributed by atoms with van der Waals surface area (Å²) in [6.45, 7) is 6.46. The SMILES string of the molecule is CC/C=C\C/C=C\C/C=C\C/C=C\C/C=C\C/C=C\C/C=C\C/C=C\CCCCCCC(=O)OCC(COC(=O)CCCCCCCC)OC(=O)CCCCCCCCCCCCCCCCCCCCC. The molecule has 0 bridgehead atoms. The van der Waals surface area contributed by atoms with Crippen LogP contribution in [0.4, 0.5) is 0 Å². The van der Waals surface area contributed by atoms with E-state index in [9.17, 15) is 14.4 Å². The van der Waals surface area contributed by atoms with Gasteiger partial charge in [0.25, 0.3) is 0 Å². The first-order valence-corrected chi connectivity index (χ1v) is 30.2.